The number of nitrogens with zero attached hydrogens (tertiary/aromatic N) is 1. The van der Waals surface area contributed by atoms with E-state index in [1.54, 1.807) is 45.2 Å². The number of hydrogen-bond acceptors (Lipinski definition) is 9. The van der Waals surface area contributed by atoms with Crippen LogP contribution in [0.4, 0.5) is 8.78 Å². The lowest BCUT2D eigenvalue weighted by Crippen LogP contribution is -2.60. The highest BCUT2D eigenvalue weighted by Gasteiger charge is 2.51. The first-order chi connectivity index (χ1) is 20.8. The molecule has 2 amide bonds. The van der Waals surface area contributed by atoms with Crippen molar-refractivity contribution >= 4 is 23.9 Å². The van der Waals surface area contributed by atoms with Crippen LogP contribution in [0.2, 0.25) is 0 Å². The highest BCUT2D eigenvalue weighted by Crippen LogP contribution is 2.41. The summed E-state index contributed by atoms with van der Waals surface area (Å²) in [5.74, 6) is -3.79. The second kappa shape index (κ2) is 14.4. The monoisotopic (exact) mass is 622 g/mol. The topological polar surface area (TPSA) is 139 Å². The molecule has 1 saturated carbocycles. The third kappa shape index (κ3) is 9.50. The number of Topliss-reactive ketones (excluding diaryl/α,β-unsaturated/α-hetero) is 1. The average Bonchev–Trinajstić information content (AvgIpc) is 3.66. The third-order valence-electron chi connectivity index (χ3n) is 8.59. The summed E-state index contributed by atoms with van der Waals surface area (Å²) in [4.78, 5) is 54.0. The summed E-state index contributed by atoms with van der Waals surface area (Å²) in [5, 5.41) is 8.70. The molecule has 3 N–H and O–H groups in total. The third-order valence-corrected chi connectivity index (χ3v) is 8.59. The minimum atomic E-state index is -2.79. The van der Waals surface area contributed by atoms with E-state index in [4.69, 9.17) is 14.2 Å². The fraction of sp³-hybridized carbons (Fsp3) is 0.677. The van der Waals surface area contributed by atoms with Crippen molar-refractivity contribution in [3.8, 4) is 5.75 Å². The normalized spacial score (nSPS) is 25.7. The van der Waals surface area contributed by atoms with E-state index in [1.165, 1.54) is 0 Å². The quantitative estimate of drug-likeness (QED) is 0.184. The summed E-state index contributed by atoms with van der Waals surface area (Å²) in [5.41, 5.74) is -1.61. The molecule has 3 aliphatic rings. The molecule has 1 aliphatic carbocycles. The van der Waals surface area contributed by atoms with Gasteiger partial charge in [0, 0.05) is 32.5 Å². The number of methoxy groups -OCH3 is 1. The smallest absolute Gasteiger partial charge is 0.248 e. The number of benzene rings is 1. The van der Waals surface area contributed by atoms with Gasteiger partial charge in [-0.1, -0.05) is 12.1 Å². The van der Waals surface area contributed by atoms with Crippen molar-refractivity contribution < 1.29 is 42.2 Å². The lowest BCUT2D eigenvalue weighted by atomic mass is 9.90. The van der Waals surface area contributed by atoms with Crippen LogP contribution in [0.5, 0.6) is 5.75 Å². The minimum Gasteiger partial charge on any atom is -0.497 e. The summed E-state index contributed by atoms with van der Waals surface area (Å²) in [7, 11) is 1.54. The predicted molar refractivity (Wildman–Crippen MR) is 157 cm³/mol. The second-order valence-corrected chi connectivity index (χ2v) is 12.6. The van der Waals surface area contributed by atoms with Crippen molar-refractivity contribution in [3.05, 3.63) is 29.8 Å². The van der Waals surface area contributed by atoms with Crippen molar-refractivity contribution in [3.63, 3.8) is 0 Å². The Morgan fingerprint density at radius 1 is 1.18 bits per heavy atom. The molecule has 3 fully saturated rings. The maximum atomic E-state index is 14.0. The predicted octanol–water partition coefficient (Wildman–Crippen LogP) is 1.27. The van der Waals surface area contributed by atoms with Gasteiger partial charge in [0.05, 0.1) is 45.6 Å². The van der Waals surface area contributed by atoms with Crippen LogP contribution in [0, 0.1) is 5.92 Å². The number of morpholine rings is 1. The molecule has 0 aromatic heterocycles. The van der Waals surface area contributed by atoms with E-state index in [1.807, 2.05) is 4.90 Å². The zero-order chi connectivity index (χ0) is 32.0. The van der Waals surface area contributed by atoms with Crippen LogP contribution < -0.4 is 20.7 Å². The largest absolute Gasteiger partial charge is 0.497 e. The number of nitrogens with one attached hydrogen (secondary N) is 3. The van der Waals surface area contributed by atoms with E-state index >= 15 is 0 Å². The first kappa shape index (κ1) is 33.9. The van der Waals surface area contributed by atoms with Crippen molar-refractivity contribution in [2.75, 3.05) is 53.1 Å². The van der Waals surface area contributed by atoms with Gasteiger partial charge in [-0.15, -0.1) is 0 Å². The van der Waals surface area contributed by atoms with E-state index in [0.717, 1.165) is 5.56 Å². The van der Waals surface area contributed by atoms with Gasteiger partial charge in [-0.2, -0.15) is 0 Å². The van der Waals surface area contributed by atoms with E-state index in [-0.39, 0.29) is 63.5 Å². The second-order valence-electron chi connectivity index (χ2n) is 12.6. The molecule has 1 aromatic rings. The molecule has 2 aliphatic heterocycles. The molecule has 2 saturated heterocycles. The molecular weight excluding hydrogens is 578 g/mol. The Morgan fingerprint density at radius 2 is 1.86 bits per heavy atom. The van der Waals surface area contributed by atoms with Crippen molar-refractivity contribution in [2.45, 2.75) is 75.1 Å². The Morgan fingerprint density at radius 3 is 2.43 bits per heavy atom. The number of ketones is 1. The SMILES string of the molecule is COc1ccc(C[C@H](NC[C@](C)(C=O)NC(=O)CN2CCOCC2)C(=O)N[C@@H](C[C@@H]2CCC(F)(F)C2)C(=O)[C@@]2(C)CO2)cc1. The Kier molecular flexibility index (Phi) is 11.1. The van der Waals surface area contributed by atoms with Crippen LogP contribution in [0.25, 0.3) is 0 Å². The molecule has 5 atom stereocenters. The van der Waals surface area contributed by atoms with Crippen molar-refractivity contribution in [1.82, 2.24) is 20.9 Å². The molecule has 1 aromatic carbocycles. The highest BCUT2D eigenvalue weighted by atomic mass is 19.3. The van der Waals surface area contributed by atoms with Crippen molar-refractivity contribution in [1.29, 1.82) is 0 Å². The fourth-order valence-electron chi connectivity index (χ4n) is 5.72. The van der Waals surface area contributed by atoms with E-state index in [9.17, 15) is 28.0 Å². The molecule has 4 rings (SSSR count). The van der Waals surface area contributed by atoms with Crippen LogP contribution in [-0.4, -0.2) is 111 Å². The molecule has 13 heteroatoms. The van der Waals surface area contributed by atoms with Gasteiger partial charge < -0.3 is 35.0 Å². The van der Waals surface area contributed by atoms with E-state index in [0.29, 0.717) is 38.3 Å². The number of carbonyl (C=O) groups excluding carboxylic acids is 4. The zero-order valence-corrected chi connectivity index (χ0v) is 25.7. The van der Waals surface area contributed by atoms with Gasteiger partial charge in [0.25, 0.3) is 0 Å². The standard InChI is InChI=1S/C31H44F2N4O7/c1-29(19-38,36-26(39)17-37-10-12-43-13-11-37)18-34-25(14-21-4-6-23(42-3)7-5-21)28(41)35-24(27(40)30(2)20-44-30)15-22-8-9-31(32,33)16-22/h4-7,19,22,24-25,34H,8-18,20H2,1-3H3,(H,35,41)(H,36,39)/t22-,24-,25-,29+,30+/m0/s1. The van der Waals surface area contributed by atoms with Gasteiger partial charge >= 0.3 is 0 Å². The summed E-state index contributed by atoms with van der Waals surface area (Å²) >= 11 is 0. The number of amides is 2. The Hall–Kier alpha value is -3.00. The highest BCUT2D eigenvalue weighted by molar-refractivity contribution is 5.97. The Balaban J connectivity index is 1.47. The number of aldehydes is 1. The molecule has 11 nitrogen and oxygen atoms in total. The number of hydrogen-bond donors (Lipinski definition) is 3. The number of ether oxygens (including phenoxy) is 3. The average molecular weight is 623 g/mol. The van der Waals surface area contributed by atoms with E-state index < -0.39 is 41.0 Å². The van der Waals surface area contributed by atoms with Gasteiger partial charge in [0.1, 0.15) is 23.2 Å². The van der Waals surface area contributed by atoms with Gasteiger partial charge in [0.15, 0.2) is 5.78 Å². The van der Waals surface area contributed by atoms with Crippen LogP contribution >= 0.6 is 0 Å². The lowest BCUT2D eigenvalue weighted by Gasteiger charge is -2.31. The molecule has 0 spiro atoms. The maximum absolute atomic E-state index is 14.0. The van der Waals surface area contributed by atoms with Crippen LogP contribution in [0.15, 0.2) is 24.3 Å². The van der Waals surface area contributed by atoms with Gasteiger partial charge in [-0.05, 0) is 56.7 Å². The zero-order valence-electron chi connectivity index (χ0n) is 25.7. The first-order valence-corrected chi connectivity index (χ1v) is 15.1. The molecular formula is C31H44F2N4O7. The summed E-state index contributed by atoms with van der Waals surface area (Å²) in [6.07, 6.45) is 0.570. The van der Waals surface area contributed by atoms with Gasteiger partial charge in [-0.3, -0.25) is 19.3 Å². The van der Waals surface area contributed by atoms with Crippen molar-refractivity contribution in [2.24, 2.45) is 5.92 Å². The molecule has 0 unspecified atom stereocenters. The number of halogens is 2. The van der Waals surface area contributed by atoms with Crippen LogP contribution in [-0.2, 0) is 35.1 Å². The van der Waals surface area contributed by atoms with Crippen LogP contribution in [0.1, 0.15) is 45.1 Å². The van der Waals surface area contributed by atoms with E-state index in [2.05, 4.69) is 16.0 Å². The maximum Gasteiger partial charge on any atom is 0.248 e. The molecule has 0 bridgehead atoms. The first-order valence-electron chi connectivity index (χ1n) is 15.1. The summed E-state index contributed by atoms with van der Waals surface area (Å²) in [6.45, 7) is 5.69. The number of alkyl halides is 2. The molecule has 0 radical (unpaired) electrons. The molecule has 44 heavy (non-hydrogen) atoms. The Bertz CT molecular complexity index is 1170. The minimum absolute atomic E-state index is 0.0755. The number of rotatable bonds is 16. The van der Waals surface area contributed by atoms with Crippen LogP contribution in [0.3, 0.4) is 0 Å². The number of carbonyl (C=O) groups is 4. The lowest BCUT2D eigenvalue weighted by molar-refractivity contribution is -0.132. The molecule has 244 valence electrons. The number of epoxide rings is 1. The summed E-state index contributed by atoms with van der Waals surface area (Å²) in [6, 6.07) is 5.16. The fourth-order valence-corrected chi connectivity index (χ4v) is 5.72. The summed E-state index contributed by atoms with van der Waals surface area (Å²) < 4.78 is 43.8. The Labute approximate surface area is 256 Å². The molecule has 2 heterocycles. The van der Waals surface area contributed by atoms with Gasteiger partial charge in [-0.25, -0.2) is 8.78 Å². The van der Waals surface area contributed by atoms with Gasteiger partial charge in [0.2, 0.25) is 17.7 Å².